The number of methoxy groups -OCH3 is 5. The Morgan fingerprint density at radius 1 is 0.450 bits per heavy atom. The average Bonchev–Trinajstić information content (AvgIpc) is 1.56. The number of aliphatic hydroxyl groups is 5. The first-order valence-electron chi connectivity index (χ1n) is 31.5. The largest absolute Gasteiger partial charge is 0.494 e. The molecule has 14 nitrogen and oxygen atoms in total. The maximum Gasteiger partial charge on any atom is 0.253 e. The molecular formula is C77H58Br4Cl6F10O14. The van der Waals surface area contributed by atoms with E-state index in [0.717, 1.165) is 26.6 Å². The number of carbonyl (C=O) groups is 2. The van der Waals surface area contributed by atoms with Crippen LogP contribution in [0.3, 0.4) is 0 Å². The fraction of sp³-hybridized carbons (Fsp3) is 0.195. The molecular weight excluding hydrogens is 1870 g/mol. The highest BCUT2D eigenvalue weighted by molar-refractivity contribution is 9.11. The number of hydrogen-bond acceptors (Lipinski definition) is 14. The molecule has 0 aromatic heterocycles. The van der Waals surface area contributed by atoms with Crippen LogP contribution in [0.15, 0.2) is 176 Å². The van der Waals surface area contributed by atoms with Gasteiger partial charge < -0.3 is 58.7 Å². The Morgan fingerprint density at radius 2 is 0.874 bits per heavy atom. The fourth-order valence-corrected chi connectivity index (χ4v) is 13.3. The van der Waals surface area contributed by atoms with Crippen LogP contribution in [0.4, 0.5) is 43.9 Å². The normalized spacial score (nSPS) is 16.8. The lowest BCUT2D eigenvalue weighted by atomic mass is 9.83. The number of benzene rings is 10. The Bertz CT molecular complexity index is 5030. The molecule has 2 aliphatic heterocycles. The summed E-state index contributed by atoms with van der Waals surface area (Å²) >= 11 is 48.0. The van der Waals surface area contributed by atoms with Crippen LogP contribution in [0.2, 0.25) is 25.1 Å². The van der Waals surface area contributed by atoms with Crippen LogP contribution in [0, 0.1) is 58.2 Å². The first kappa shape index (κ1) is 91.4. The number of ether oxygens (including phenoxy) is 7. The minimum absolute atomic E-state index is 0.0208. The van der Waals surface area contributed by atoms with Gasteiger partial charge in [0.25, 0.3) is 5.24 Å². The molecule has 6 atom stereocenters. The Kier molecular flexibility index (Phi) is 33.7. The zero-order chi connectivity index (χ0) is 82.3. The summed E-state index contributed by atoms with van der Waals surface area (Å²) in [4.78, 5) is 22.9. The van der Waals surface area contributed by atoms with Gasteiger partial charge in [-0.05, 0) is 167 Å². The second kappa shape index (κ2) is 41.0. The van der Waals surface area contributed by atoms with Gasteiger partial charge in [0.05, 0.1) is 69.9 Å². The predicted octanol–water partition coefficient (Wildman–Crippen LogP) is 20.8. The highest BCUT2D eigenvalue weighted by Crippen LogP contribution is 2.50. The van der Waals surface area contributed by atoms with E-state index >= 15 is 0 Å². The van der Waals surface area contributed by atoms with Crippen molar-refractivity contribution in [1.29, 1.82) is 0 Å². The van der Waals surface area contributed by atoms with Crippen molar-refractivity contribution >= 4 is 144 Å². The molecule has 1 unspecified atom stereocenters. The summed E-state index contributed by atoms with van der Waals surface area (Å²) in [5.41, 5.74) is 0.0473. The Balaban J connectivity index is 0.000000192. The van der Waals surface area contributed by atoms with Gasteiger partial charge >= 0.3 is 0 Å². The second-order valence-electron chi connectivity index (χ2n) is 23.3. The van der Waals surface area contributed by atoms with Crippen LogP contribution in [0.25, 0.3) is 0 Å². The van der Waals surface area contributed by atoms with Crippen molar-refractivity contribution in [3.63, 3.8) is 0 Å². The van der Waals surface area contributed by atoms with Gasteiger partial charge in [0.15, 0.2) is 63.6 Å². The third kappa shape index (κ3) is 21.8. The van der Waals surface area contributed by atoms with Crippen molar-refractivity contribution in [2.24, 2.45) is 0 Å². The molecule has 10 aromatic carbocycles. The van der Waals surface area contributed by atoms with Crippen LogP contribution >= 0.6 is 133 Å². The molecule has 2 aliphatic rings. The summed E-state index contributed by atoms with van der Waals surface area (Å²) in [6, 6.07) is 38.2. The summed E-state index contributed by atoms with van der Waals surface area (Å²) in [7, 11) is 6.26. The van der Waals surface area contributed by atoms with Crippen LogP contribution < -0.4 is 23.7 Å². The van der Waals surface area contributed by atoms with Gasteiger partial charge in [-0.2, -0.15) is 22.0 Å². The van der Waals surface area contributed by atoms with E-state index in [1.807, 2.05) is 0 Å². The standard InChI is InChI=1S/C21H21ClF2O7.C14H10BrClF2O2.C14H8BrClF2O2.C14H10BrClF2O.C7H3BrCl2O.C7H6F2O/c1-29-14-5-2-10(15(23)16(14)24)6-11-7-12(3-4-13(11)22)21-19(28)17(26)18(27)20(8-25,31-21)9-30-21;2*1-20-11-5-3-8(12(17)13(11)18)14(19)9-6-7(15)2-4-10(9)16;1-19-12-5-2-8(13(17)14(12)18)6-9-7-10(15)3-4-11(9)16;8-4-1-2-6(9)5(3-4)7(10)11;1-10-6-4-2-3-5(8)7(6)9/h2-5,7,17-19,25-28H,6,8-9H2,1H3;2-6,14,19H,1H3;2-6H,1H3;2-5,7H,6H2,1H3;1-3H;2-4H,1H3/t17-,18-,19+,20+,21+;;;;;/m0...../s1. The number of halogens is 20. The molecule has 2 saturated heterocycles. The number of ketones is 1. The van der Waals surface area contributed by atoms with Crippen molar-refractivity contribution in [3.05, 3.63) is 315 Å². The molecule has 2 bridgehead atoms. The lowest BCUT2D eigenvalue weighted by Crippen LogP contribution is -2.65. The minimum Gasteiger partial charge on any atom is -0.494 e. The van der Waals surface area contributed by atoms with Crippen molar-refractivity contribution in [2.45, 2.75) is 48.6 Å². The molecule has 590 valence electrons. The van der Waals surface area contributed by atoms with E-state index in [4.69, 9.17) is 88.6 Å². The maximum atomic E-state index is 14.4. The Labute approximate surface area is 691 Å². The van der Waals surface area contributed by atoms with E-state index in [1.165, 1.54) is 120 Å². The maximum absolute atomic E-state index is 14.4. The van der Waals surface area contributed by atoms with Crippen molar-refractivity contribution < 1.29 is 112 Å². The molecule has 0 radical (unpaired) electrons. The Morgan fingerprint density at radius 3 is 1.37 bits per heavy atom. The highest BCUT2D eigenvalue weighted by Gasteiger charge is 2.67. The summed E-state index contributed by atoms with van der Waals surface area (Å²) in [6.07, 6.45) is -6.18. The monoisotopic (exact) mass is 1920 g/mol. The molecule has 2 heterocycles. The van der Waals surface area contributed by atoms with Crippen LogP contribution in [-0.4, -0.2) is 109 Å². The SMILES string of the molecule is COc1ccc(C(=O)c2cc(Br)ccc2Cl)c(F)c1F.COc1ccc(C(O)c2cc(Br)ccc2Cl)c(F)c1F.COc1ccc(Cc2cc(Br)ccc2Cl)c(F)c1F.COc1ccc(Cc2cc([C@@]34OC[C@@](CO)(O3)[C@@H](O)[C@H](O)[C@H]4O)ccc2Cl)c(F)c1F.COc1cccc(F)c1F.O=C(Cl)c1cc(Br)ccc1Cl. The summed E-state index contributed by atoms with van der Waals surface area (Å²) in [5, 5.41) is 52.2. The smallest absolute Gasteiger partial charge is 0.253 e. The zero-order valence-electron chi connectivity index (χ0n) is 57.6. The molecule has 0 aliphatic carbocycles. The Hall–Kier alpha value is -6.78. The van der Waals surface area contributed by atoms with Gasteiger partial charge in [-0.15, -0.1) is 0 Å². The summed E-state index contributed by atoms with van der Waals surface area (Å²) < 4.78 is 174. The van der Waals surface area contributed by atoms with Gasteiger partial charge in [-0.1, -0.05) is 146 Å². The number of rotatable bonds is 16. The molecule has 0 amide bonds. The number of fused-ring (bicyclic) bond motifs is 2. The van der Waals surface area contributed by atoms with Crippen molar-refractivity contribution in [3.8, 4) is 28.7 Å². The quantitative estimate of drug-likeness (QED) is 0.0348. The lowest BCUT2D eigenvalue weighted by Gasteiger charge is -2.46. The number of aliphatic hydroxyl groups excluding tert-OH is 5. The van der Waals surface area contributed by atoms with E-state index in [-0.39, 0.29) is 96.6 Å². The minimum atomic E-state index is -1.88. The van der Waals surface area contributed by atoms with Crippen molar-refractivity contribution in [2.75, 3.05) is 48.8 Å². The topological polar surface area (TPSA) is 200 Å². The lowest BCUT2D eigenvalue weighted by molar-refractivity contribution is -0.329. The van der Waals surface area contributed by atoms with Gasteiger partial charge in [0.1, 0.15) is 30.0 Å². The van der Waals surface area contributed by atoms with E-state index in [2.05, 4.69) is 77.9 Å². The first-order valence-corrected chi connectivity index (χ1v) is 37.0. The van der Waals surface area contributed by atoms with Crippen LogP contribution in [0.5, 0.6) is 28.7 Å². The molecule has 10 aromatic rings. The molecule has 12 rings (SSSR count). The van der Waals surface area contributed by atoms with E-state index in [0.29, 0.717) is 30.1 Å². The third-order valence-corrected chi connectivity index (χ3v) is 20.4. The summed E-state index contributed by atoms with van der Waals surface area (Å²) in [6.45, 7) is -0.939. The average molecular weight is 1930 g/mol. The summed E-state index contributed by atoms with van der Waals surface area (Å²) in [5.74, 6) is -14.2. The van der Waals surface area contributed by atoms with E-state index < -0.39 is 117 Å². The zero-order valence-corrected chi connectivity index (χ0v) is 68.5. The predicted molar refractivity (Wildman–Crippen MR) is 412 cm³/mol. The second-order valence-corrected chi connectivity index (χ2v) is 29.3. The third-order valence-electron chi connectivity index (χ3n) is 16.4. The molecule has 0 spiro atoms. The van der Waals surface area contributed by atoms with Gasteiger partial charge in [-0.25, -0.2) is 22.0 Å². The first-order chi connectivity index (χ1) is 52.5. The van der Waals surface area contributed by atoms with Crippen LogP contribution in [-0.2, 0) is 28.1 Å². The fourth-order valence-electron chi connectivity index (χ4n) is 10.6. The van der Waals surface area contributed by atoms with E-state index in [1.54, 1.807) is 60.7 Å². The molecule has 34 heteroatoms. The molecule has 2 fully saturated rings. The van der Waals surface area contributed by atoms with E-state index in [9.17, 15) is 79.0 Å². The van der Waals surface area contributed by atoms with Gasteiger partial charge in [0, 0.05) is 68.1 Å². The number of hydrogen-bond donors (Lipinski definition) is 5. The molecule has 0 saturated carbocycles. The highest BCUT2D eigenvalue weighted by atomic mass is 79.9. The van der Waals surface area contributed by atoms with Crippen molar-refractivity contribution in [1.82, 2.24) is 0 Å². The van der Waals surface area contributed by atoms with Gasteiger partial charge in [-0.3, -0.25) is 9.59 Å². The number of carbonyl (C=O) groups excluding carboxylic acids is 2. The van der Waals surface area contributed by atoms with Crippen LogP contribution in [0.1, 0.15) is 71.3 Å². The molecule has 5 N–H and O–H groups in total. The van der Waals surface area contributed by atoms with Gasteiger partial charge in [0.2, 0.25) is 34.9 Å². The molecule has 111 heavy (non-hydrogen) atoms.